The van der Waals surface area contributed by atoms with E-state index in [0.29, 0.717) is 19.3 Å². The van der Waals surface area contributed by atoms with Gasteiger partial charge in [0.05, 0.1) is 25.4 Å². The number of nitrogens with one attached hydrogen (secondary N) is 1. The van der Waals surface area contributed by atoms with Crippen LogP contribution in [0.25, 0.3) is 0 Å². The van der Waals surface area contributed by atoms with Crippen LogP contribution in [0, 0.1) is 11.8 Å². The molecule has 0 aromatic carbocycles. The standard InChI is InChI=1S/C13H23NO6S/c1-8(2)11(13(16)20-4)14-21(17,18)10-7-5-6-9(10)12(15)19-3/h8-11,14H,5-7H2,1-4H3/t9?,10?,11-/m0/s1. The molecule has 0 aliphatic heterocycles. The Morgan fingerprint density at radius 3 is 2.24 bits per heavy atom. The highest BCUT2D eigenvalue weighted by Crippen LogP contribution is 2.32. The van der Waals surface area contributed by atoms with Gasteiger partial charge in [-0.15, -0.1) is 0 Å². The summed E-state index contributed by atoms with van der Waals surface area (Å²) in [6, 6.07) is -0.959. The average molecular weight is 321 g/mol. The van der Waals surface area contributed by atoms with Crippen molar-refractivity contribution in [2.75, 3.05) is 14.2 Å². The molecule has 1 rings (SSSR count). The van der Waals surface area contributed by atoms with Gasteiger partial charge in [0.25, 0.3) is 0 Å². The van der Waals surface area contributed by atoms with Crippen molar-refractivity contribution in [2.45, 2.75) is 44.4 Å². The molecule has 122 valence electrons. The molecular weight excluding hydrogens is 298 g/mol. The van der Waals surface area contributed by atoms with Gasteiger partial charge in [-0.25, -0.2) is 13.1 Å². The van der Waals surface area contributed by atoms with Gasteiger partial charge in [-0.2, -0.15) is 0 Å². The number of sulfonamides is 1. The van der Waals surface area contributed by atoms with E-state index < -0.39 is 39.2 Å². The van der Waals surface area contributed by atoms with Crippen LogP contribution >= 0.6 is 0 Å². The van der Waals surface area contributed by atoms with Crippen LogP contribution in [0.1, 0.15) is 33.1 Å². The van der Waals surface area contributed by atoms with Crippen molar-refractivity contribution in [3.63, 3.8) is 0 Å². The highest BCUT2D eigenvalue weighted by atomic mass is 32.2. The van der Waals surface area contributed by atoms with Crippen molar-refractivity contribution in [2.24, 2.45) is 11.8 Å². The van der Waals surface area contributed by atoms with E-state index in [1.807, 2.05) is 0 Å². The van der Waals surface area contributed by atoms with E-state index in [1.54, 1.807) is 13.8 Å². The molecule has 0 amide bonds. The van der Waals surface area contributed by atoms with Crippen molar-refractivity contribution in [3.8, 4) is 0 Å². The van der Waals surface area contributed by atoms with Crippen LogP contribution in [0.2, 0.25) is 0 Å². The second-order valence-corrected chi connectivity index (χ2v) is 7.44. The summed E-state index contributed by atoms with van der Waals surface area (Å²) in [5.74, 6) is -2.11. The fraction of sp³-hybridized carbons (Fsp3) is 0.846. The maximum atomic E-state index is 12.5. The van der Waals surface area contributed by atoms with Crippen molar-refractivity contribution in [3.05, 3.63) is 0 Å². The van der Waals surface area contributed by atoms with E-state index in [-0.39, 0.29) is 5.92 Å². The topological polar surface area (TPSA) is 98.8 Å². The van der Waals surface area contributed by atoms with E-state index >= 15 is 0 Å². The van der Waals surface area contributed by atoms with Gasteiger partial charge in [-0.1, -0.05) is 20.3 Å². The Hall–Kier alpha value is -1.15. The second-order valence-electron chi connectivity index (χ2n) is 5.51. The Kier molecular flexibility index (Phi) is 6.15. The van der Waals surface area contributed by atoms with Crippen LogP contribution in [0.15, 0.2) is 0 Å². The molecule has 21 heavy (non-hydrogen) atoms. The fourth-order valence-electron chi connectivity index (χ4n) is 2.57. The summed E-state index contributed by atoms with van der Waals surface area (Å²) < 4.78 is 36.6. The van der Waals surface area contributed by atoms with E-state index in [4.69, 9.17) is 0 Å². The molecule has 7 nitrogen and oxygen atoms in total. The smallest absolute Gasteiger partial charge is 0.324 e. The molecule has 0 bridgehead atoms. The van der Waals surface area contributed by atoms with Crippen molar-refractivity contribution < 1.29 is 27.5 Å². The molecule has 0 aromatic heterocycles. The van der Waals surface area contributed by atoms with Gasteiger partial charge < -0.3 is 9.47 Å². The van der Waals surface area contributed by atoms with Crippen molar-refractivity contribution in [1.82, 2.24) is 4.72 Å². The number of esters is 2. The minimum absolute atomic E-state index is 0.259. The summed E-state index contributed by atoms with van der Waals surface area (Å²) in [6.45, 7) is 3.44. The third-order valence-corrected chi connectivity index (χ3v) is 5.71. The molecule has 1 saturated carbocycles. The highest BCUT2D eigenvalue weighted by molar-refractivity contribution is 7.90. The number of hydrogen-bond donors (Lipinski definition) is 1. The number of carbonyl (C=O) groups is 2. The van der Waals surface area contributed by atoms with Gasteiger partial charge in [-0.3, -0.25) is 9.59 Å². The quantitative estimate of drug-likeness (QED) is 0.713. The Balaban J connectivity index is 2.94. The molecule has 1 aliphatic carbocycles. The zero-order valence-electron chi connectivity index (χ0n) is 12.8. The summed E-state index contributed by atoms with van der Waals surface area (Å²) >= 11 is 0. The molecule has 0 spiro atoms. The number of hydrogen-bond acceptors (Lipinski definition) is 6. The third-order valence-electron chi connectivity index (χ3n) is 3.77. The van der Waals surface area contributed by atoms with Gasteiger partial charge >= 0.3 is 11.9 Å². The SMILES string of the molecule is COC(=O)C1CCCC1S(=O)(=O)N[C@H](C(=O)OC)C(C)C. The maximum Gasteiger partial charge on any atom is 0.324 e. The maximum absolute atomic E-state index is 12.5. The van der Waals surface area contributed by atoms with E-state index in [0.717, 1.165) is 0 Å². The number of methoxy groups -OCH3 is 2. The van der Waals surface area contributed by atoms with E-state index in [9.17, 15) is 18.0 Å². The first-order valence-corrected chi connectivity index (χ1v) is 8.46. The molecule has 1 aliphatic rings. The normalized spacial score (nSPS) is 23.9. The van der Waals surface area contributed by atoms with Crippen LogP contribution in [0.4, 0.5) is 0 Å². The molecule has 8 heteroatoms. The molecule has 3 atom stereocenters. The molecule has 0 heterocycles. The van der Waals surface area contributed by atoms with Gasteiger partial charge in [0.1, 0.15) is 6.04 Å². The van der Waals surface area contributed by atoms with Crippen LogP contribution in [0.3, 0.4) is 0 Å². The average Bonchev–Trinajstić information content (AvgIpc) is 2.93. The monoisotopic (exact) mass is 321 g/mol. The molecule has 1 N–H and O–H groups in total. The first-order valence-electron chi connectivity index (χ1n) is 6.91. The molecule has 0 aromatic rings. The Bertz CT molecular complexity index is 487. The lowest BCUT2D eigenvalue weighted by atomic mass is 10.1. The number of carbonyl (C=O) groups excluding carboxylic acids is 2. The highest BCUT2D eigenvalue weighted by Gasteiger charge is 2.44. The summed E-state index contributed by atoms with van der Waals surface area (Å²) in [7, 11) is -1.37. The van der Waals surface area contributed by atoms with Gasteiger partial charge in [-0.05, 0) is 18.8 Å². The Morgan fingerprint density at radius 1 is 1.14 bits per heavy atom. The second kappa shape index (κ2) is 7.22. The summed E-state index contributed by atoms with van der Waals surface area (Å²) in [5.41, 5.74) is 0. The number of ether oxygens (including phenoxy) is 2. The molecule has 1 fully saturated rings. The minimum Gasteiger partial charge on any atom is -0.469 e. The molecule has 0 radical (unpaired) electrons. The van der Waals surface area contributed by atoms with Crippen LogP contribution in [-0.4, -0.2) is 45.9 Å². The Labute approximate surface area is 125 Å². The van der Waals surface area contributed by atoms with Gasteiger partial charge in [0.2, 0.25) is 10.0 Å². The third kappa shape index (κ3) is 4.16. The lowest BCUT2D eigenvalue weighted by molar-refractivity contribution is -0.145. The predicted molar refractivity (Wildman–Crippen MR) is 75.8 cm³/mol. The van der Waals surface area contributed by atoms with Crippen molar-refractivity contribution in [1.29, 1.82) is 0 Å². The molecule has 0 saturated heterocycles. The van der Waals surface area contributed by atoms with Crippen LogP contribution < -0.4 is 4.72 Å². The lowest BCUT2D eigenvalue weighted by Gasteiger charge is -2.24. The van der Waals surface area contributed by atoms with Crippen LogP contribution in [-0.2, 0) is 29.1 Å². The lowest BCUT2D eigenvalue weighted by Crippen LogP contribution is -2.49. The van der Waals surface area contributed by atoms with E-state index in [1.165, 1.54) is 14.2 Å². The molecule has 2 unspecified atom stereocenters. The fourth-order valence-corrected chi connectivity index (χ4v) is 4.62. The number of rotatable bonds is 6. The van der Waals surface area contributed by atoms with Crippen molar-refractivity contribution >= 4 is 22.0 Å². The first-order chi connectivity index (χ1) is 9.74. The summed E-state index contributed by atoms with van der Waals surface area (Å²) in [5, 5.41) is -0.865. The Morgan fingerprint density at radius 2 is 1.76 bits per heavy atom. The first kappa shape index (κ1) is 17.9. The predicted octanol–water partition coefficient (Wildman–Crippen LogP) is 0.445. The van der Waals surface area contributed by atoms with Gasteiger partial charge in [0, 0.05) is 0 Å². The van der Waals surface area contributed by atoms with E-state index in [2.05, 4.69) is 14.2 Å². The van der Waals surface area contributed by atoms with Gasteiger partial charge in [0.15, 0.2) is 0 Å². The van der Waals surface area contributed by atoms with Crippen LogP contribution in [0.5, 0.6) is 0 Å². The molecular formula is C13H23NO6S. The zero-order valence-corrected chi connectivity index (χ0v) is 13.6. The zero-order chi connectivity index (χ0) is 16.2. The summed E-state index contributed by atoms with van der Waals surface area (Å²) in [4.78, 5) is 23.4. The minimum atomic E-state index is -3.82. The largest absolute Gasteiger partial charge is 0.469 e. The summed E-state index contributed by atoms with van der Waals surface area (Å²) in [6.07, 6.45) is 1.49.